The standard InChI is InChI=1S/C19H19BrN2O3S/c20-15-8-4-7-14(11-15)19(9-10-25-12-16(19)23)22-18(26)21-17(24)13-5-2-1-3-6-13/h1-8,11,16,23H,9-10,12H2,(H2,21,22,24,26)/t16-,19+/m0/s1. The Bertz CT molecular complexity index is 802. The van der Waals surface area contributed by atoms with E-state index in [1.807, 2.05) is 30.3 Å². The van der Waals surface area contributed by atoms with Crippen molar-refractivity contribution in [3.63, 3.8) is 0 Å². The summed E-state index contributed by atoms with van der Waals surface area (Å²) in [6, 6.07) is 16.5. The van der Waals surface area contributed by atoms with Gasteiger partial charge in [-0.05, 0) is 42.0 Å². The Hall–Kier alpha value is -1.80. The Morgan fingerprint density at radius 2 is 2.00 bits per heavy atom. The van der Waals surface area contributed by atoms with Gasteiger partial charge in [-0.3, -0.25) is 10.1 Å². The number of carbonyl (C=O) groups is 1. The quantitative estimate of drug-likeness (QED) is 0.647. The van der Waals surface area contributed by atoms with E-state index in [1.54, 1.807) is 24.3 Å². The van der Waals surface area contributed by atoms with Crippen molar-refractivity contribution in [3.05, 3.63) is 70.2 Å². The number of aliphatic hydroxyl groups excluding tert-OH is 1. The molecule has 3 N–H and O–H groups in total. The Kier molecular flexibility index (Phi) is 6.03. The molecule has 0 saturated carbocycles. The SMILES string of the molecule is O=C(NC(=S)N[C@@]1(c2cccc(Br)c2)CCOC[C@@H]1O)c1ccccc1. The zero-order valence-electron chi connectivity index (χ0n) is 13.9. The molecule has 2 aromatic rings. The van der Waals surface area contributed by atoms with Gasteiger partial charge in [-0.2, -0.15) is 0 Å². The van der Waals surface area contributed by atoms with Gasteiger partial charge in [0.15, 0.2) is 5.11 Å². The number of aliphatic hydroxyl groups is 1. The van der Waals surface area contributed by atoms with Crippen molar-refractivity contribution in [1.82, 2.24) is 10.6 Å². The van der Waals surface area contributed by atoms with E-state index >= 15 is 0 Å². The van der Waals surface area contributed by atoms with Crippen molar-refractivity contribution in [2.45, 2.75) is 18.1 Å². The van der Waals surface area contributed by atoms with Gasteiger partial charge in [0.1, 0.15) is 6.10 Å². The lowest BCUT2D eigenvalue weighted by atomic mass is 9.80. The number of rotatable bonds is 3. The van der Waals surface area contributed by atoms with E-state index in [-0.39, 0.29) is 17.6 Å². The highest BCUT2D eigenvalue weighted by Crippen LogP contribution is 2.33. The lowest BCUT2D eigenvalue weighted by Crippen LogP contribution is -2.60. The summed E-state index contributed by atoms with van der Waals surface area (Å²) in [6.07, 6.45) is -0.288. The van der Waals surface area contributed by atoms with Gasteiger partial charge in [-0.1, -0.05) is 46.3 Å². The molecular weight excluding hydrogens is 416 g/mol. The molecule has 5 nitrogen and oxygen atoms in total. The molecule has 3 rings (SSSR count). The monoisotopic (exact) mass is 434 g/mol. The van der Waals surface area contributed by atoms with Crippen LogP contribution < -0.4 is 10.6 Å². The molecule has 1 aliphatic heterocycles. The molecule has 0 bridgehead atoms. The van der Waals surface area contributed by atoms with Crippen LogP contribution >= 0.6 is 28.1 Å². The maximum absolute atomic E-state index is 12.3. The number of carbonyl (C=O) groups excluding carboxylic acids is 1. The number of benzene rings is 2. The van der Waals surface area contributed by atoms with Crippen LogP contribution in [0.15, 0.2) is 59.1 Å². The summed E-state index contributed by atoms with van der Waals surface area (Å²) in [6.45, 7) is 0.667. The van der Waals surface area contributed by atoms with Crippen molar-refractivity contribution >= 4 is 39.2 Å². The fourth-order valence-electron chi connectivity index (χ4n) is 3.06. The van der Waals surface area contributed by atoms with E-state index in [4.69, 9.17) is 17.0 Å². The first-order valence-corrected chi connectivity index (χ1v) is 9.42. The Morgan fingerprint density at radius 3 is 2.69 bits per heavy atom. The molecule has 1 saturated heterocycles. The van der Waals surface area contributed by atoms with E-state index in [0.717, 1.165) is 10.0 Å². The van der Waals surface area contributed by atoms with Crippen LogP contribution in [0.1, 0.15) is 22.3 Å². The van der Waals surface area contributed by atoms with Crippen LogP contribution in [-0.4, -0.2) is 35.4 Å². The maximum atomic E-state index is 12.3. The predicted molar refractivity (Wildman–Crippen MR) is 107 cm³/mol. The summed E-state index contributed by atoms with van der Waals surface area (Å²) in [5.74, 6) is -0.297. The number of halogens is 1. The van der Waals surface area contributed by atoms with Crippen LogP contribution in [-0.2, 0) is 10.3 Å². The normalized spacial score (nSPS) is 22.5. The fourth-order valence-corrected chi connectivity index (χ4v) is 3.73. The van der Waals surface area contributed by atoms with Crippen LogP contribution in [0.3, 0.4) is 0 Å². The molecule has 2 atom stereocenters. The summed E-state index contributed by atoms with van der Waals surface area (Å²) in [5.41, 5.74) is 0.558. The van der Waals surface area contributed by atoms with Crippen LogP contribution in [0.4, 0.5) is 0 Å². The van der Waals surface area contributed by atoms with Gasteiger partial charge in [0, 0.05) is 23.1 Å². The topological polar surface area (TPSA) is 70.6 Å². The second kappa shape index (κ2) is 8.26. The molecular formula is C19H19BrN2O3S. The zero-order valence-corrected chi connectivity index (χ0v) is 16.3. The highest BCUT2D eigenvalue weighted by atomic mass is 79.9. The van der Waals surface area contributed by atoms with E-state index in [0.29, 0.717) is 18.6 Å². The minimum Gasteiger partial charge on any atom is -0.388 e. The molecule has 1 fully saturated rings. The molecule has 1 aliphatic rings. The number of ether oxygens (including phenoxy) is 1. The molecule has 0 aromatic heterocycles. The molecule has 26 heavy (non-hydrogen) atoms. The van der Waals surface area contributed by atoms with Gasteiger partial charge in [-0.25, -0.2) is 0 Å². The zero-order chi connectivity index (χ0) is 18.6. The number of nitrogens with one attached hydrogen (secondary N) is 2. The van der Waals surface area contributed by atoms with Crippen LogP contribution in [0, 0.1) is 0 Å². The molecule has 1 amide bonds. The Morgan fingerprint density at radius 1 is 1.23 bits per heavy atom. The third kappa shape index (κ3) is 4.12. The van der Waals surface area contributed by atoms with Crippen molar-refractivity contribution in [2.75, 3.05) is 13.2 Å². The molecule has 2 aromatic carbocycles. The number of hydrogen-bond donors (Lipinski definition) is 3. The average Bonchev–Trinajstić information content (AvgIpc) is 2.64. The first-order chi connectivity index (χ1) is 12.5. The first kappa shape index (κ1) is 19.0. The largest absolute Gasteiger partial charge is 0.388 e. The second-order valence-electron chi connectivity index (χ2n) is 6.10. The predicted octanol–water partition coefficient (Wildman–Crippen LogP) is 2.73. The molecule has 136 valence electrons. The van der Waals surface area contributed by atoms with Crippen molar-refractivity contribution in [2.24, 2.45) is 0 Å². The van der Waals surface area contributed by atoms with Gasteiger partial charge in [0.25, 0.3) is 5.91 Å². The van der Waals surface area contributed by atoms with Crippen LogP contribution in [0.5, 0.6) is 0 Å². The first-order valence-electron chi connectivity index (χ1n) is 8.22. The Labute approximate surface area is 165 Å². The second-order valence-corrected chi connectivity index (χ2v) is 7.42. The van der Waals surface area contributed by atoms with Gasteiger partial charge >= 0.3 is 0 Å². The highest BCUT2D eigenvalue weighted by Gasteiger charge is 2.43. The summed E-state index contributed by atoms with van der Waals surface area (Å²) < 4.78 is 6.29. The molecule has 0 radical (unpaired) electrons. The van der Waals surface area contributed by atoms with Crippen molar-refractivity contribution < 1.29 is 14.6 Å². The Balaban J connectivity index is 1.82. The molecule has 1 heterocycles. The molecule has 0 aliphatic carbocycles. The van der Waals surface area contributed by atoms with Gasteiger partial charge < -0.3 is 15.2 Å². The summed E-state index contributed by atoms with van der Waals surface area (Å²) in [7, 11) is 0. The number of hydrogen-bond acceptors (Lipinski definition) is 4. The smallest absolute Gasteiger partial charge is 0.257 e. The van der Waals surface area contributed by atoms with E-state index in [9.17, 15) is 9.90 Å². The third-order valence-electron chi connectivity index (χ3n) is 4.42. The minimum absolute atomic E-state index is 0.166. The van der Waals surface area contributed by atoms with Gasteiger partial charge in [-0.15, -0.1) is 0 Å². The average molecular weight is 435 g/mol. The van der Waals surface area contributed by atoms with E-state index < -0.39 is 11.6 Å². The van der Waals surface area contributed by atoms with Crippen LogP contribution in [0.25, 0.3) is 0 Å². The maximum Gasteiger partial charge on any atom is 0.257 e. The minimum atomic E-state index is -0.830. The molecule has 0 spiro atoms. The van der Waals surface area contributed by atoms with Crippen LogP contribution in [0.2, 0.25) is 0 Å². The third-order valence-corrected chi connectivity index (χ3v) is 5.12. The number of amides is 1. The van der Waals surface area contributed by atoms with Crippen molar-refractivity contribution in [1.29, 1.82) is 0 Å². The van der Waals surface area contributed by atoms with Gasteiger partial charge in [0.2, 0.25) is 0 Å². The van der Waals surface area contributed by atoms with E-state index in [2.05, 4.69) is 26.6 Å². The highest BCUT2D eigenvalue weighted by molar-refractivity contribution is 9.10. The van der Waals surface area contributed by atoms with Gasteiger partial charge in [0.05, 0.1) is 12.1 Å². The lowest BCUT2D eigenvalue weighted by Gasteiger charge is -2.43. The van der Waals surface area contributed by atoms with Crippen molar-refractivity contribution in [3.8, 4) is 0 Å². The van der Waals surface area contributed by atoms with E-state index in [1.165, 1.54) is 0 Å². The summed E-state index contributed by atoms with van der Waals surface area (Å²) in [5, 5.41) is 16.7. The summed E-state index contributed by atoms with van der Waals surface area (Å²) in [4.78, 5) is 12.3. The summed E-state index contributed by atoms with van der Waals surface area (Å²) >= 11 is 8.83. The molecule has 0 unspecified atom stereocenters. The number of thiocarbonyl (C=S) groups is 1. The lowest BCUT2D eigenvalue weighted by molar-refractivity contribution is -0.0672. The fraction of sp³-hybridized carbons (Fsp3) is 0.263. The molecule has 7 heteroatoms.